The maximum atomic E-state index is 12.2. The molecule has 1 amide bonds. The van der Waals surface area contributed by atoms with Crippen LogP contribution in [0.4, 0.5) is 5.95 Å². The number of rotatable bonds is 7. The van der Waals surface area contributed by atoms with Crippen LogP contribution in [0, 0.1) is 5.92 Å². The zero-order valence-electron chi connectivity index (χ0n) is 15.0. The highest BCUT2D eigenvalue weighted by molar-refractivity contribution is 5.92. The number of amides is 1. The predicted octanol–water partition coefficient (Wildman–Crippen LogP) is 2.09. The number of hydrogen-bond acceptors (Lipinski definition) is 5. The summed E-state index contributed by atoms with van der Waals surface area (Å²) in [6, 6.07) is 0. The molecule has 1 saturated heterocycles. The summed E-state index contributed by atoms with van der Waals surface area (Å²) < 4.78 is 7.21. The third-order valence-corrected chi connectivity index (χ3v) is 4.15. The number of anilines is 1. The molecule has 0 radical (unpaired) electrons. The number of nitrogens with one attached hydrogen (secondary N) is 2. The van der Waals surface area contributed by atoms with Crippen LogP contribution in [0.2, 0.25) is 0 Å². The minimum atomic E-state index is -0.493. The van der Waals surface area contributed by atoms with Crippen molar-refractivity contribution in [2.75, 3.05) is 25.0 Å². The van der Waals surface area contributed by atoms with Gasteiger partial charge in [0.05, 0.1) is 0 Å². The van der Waals surface area contributed by atoms with Crippen LogP contribution in [0.3, 0.4) is 0 Å². The number of halogens is 1. The minimum absolute atomic E-state index is 0. The Morgan fingerprint density at radius 1 is 1.38 bits per heavy atom. The largest absolute Gasteiger partial charge is 0.369 e. The van der Waals surface area contributed by atoms with Crippen LogP contribution in [0.25, 0.3) is 0 Å². The maximum absolute atomic E-state index is 12.2. The molecule has 138 valence electrons. The molecule has 0 aliphatic carbocycles. The van der Waals surface area contributed by atoms with Crippen LogP contribution in [-0.2, 0) is 16.6 Å². The van der Waals surface area contributed by atoms with E-state index in [1.807, 2.05) is 0 Å². The van der Waals surface area contributed by atoms with Crippen molar-refractivity contribution in [3.8, 4) is 0 Å². The summed E-state index contributed by atoms with van der Waals surface area (Å²) >= 11 is 0. The number of piperidine rings is 1. The predicted molar refractivity (Wildman–Crippen MR) is 96.6 cm³/mol. The Balaban J connectivity index is 0.00000288. The van der Waals surface area contributed by atoms with Gasteiger partial charge in [-0.2, -0.15) is 10.1 Å². The molecule has 1 aliphatic rings. The van der Waals surface area contributed by atoms with Crippen molar-refractivity contribution in [3.05, 3.63) is 5.82 Å². The summed E-state index contributed by atoms with van der Waals surface area (Å²) in [5, 5.41) is 10.6. The smallest absolute Gasteiger partial charge is 0.255 e. The Morgan fingerprint density at radius 2 is 2.04 bits per heavy atom. The Bertz CT molecular complexity index is 515. The Kier molecular flexibility index (Phi) is 8.66. The molecule has 2 rings (SSSR count). The fourth-order valence-electron chi connectivity index (χ4n) is 2.53. The van der Waals surface area contributed by atoms with Gasteiger partial charge in [0.15, 0.2) is 5.82 Å². The van der Waals surface area contributed by atoms with E-state index in [9.17, 15) is 4.79 Å². The second-order valence-electron chi connectivity index (χ2n) is 6.63. The van der Waals surface area contributed by atoms with E-state index in [1.165, 1.54) is 0 Å². The van der Waals surface area contributed by atoms with Gasteiger partial charge >= 0.3 is 0 Å². The minimum Gasteiger partial charge on any atom is -0.369 e. The van der Waals surface area contributed by atoms with Gasteiger partial charge in [-0.3, -0.25) is 10.1 Å². The third kappa shape index (κ3) is 6.03. The lowest BCUT2D eigenvalue weighted by molar-refractivity contribution is -0.126. The van der Waals surface area contributed by atoms with E-state index in [1.54, 1.807) is 18.7 Å². The van der Waals surface area contributed by atoms with Gasteiger partial charge in [-0.25, -0.2) is 4.68 Å². The van der Waals surface area contributed by atoms with Crippen LogP contribution in [0.15, 0.2) is 0 Å². The van der Waals surface area contributed by atoms with Crippen molar-refractivity contribution in [1.29, 1.82) is 0 Å². The van der Waals surface area contributed by atoms with Gasteiger partial charge in [0, 0.05) is 19.6 Å². The molecule has 0 spiro atoms. The molecule has 1 atom stereocenters. The van der Waals surface area contributed by atoms with Gasteiger partial charge in [-0.05, 0) is 45.2 Å². The number of aromatic nitrogens is 3. The molecule has 0 saturated carbocycles. The molecule has 1 aromatic heterocycles. The van der Waals surface area contributed by atoms with E-state index >= 15 is 0 Å². The highest BCUT2D eigenvalue weighted by atomic mass is 35.5. The summed E-state index contributed by atoms with van der Waals surface area (Å²) in [5.41, 5.74) is 0. The van der Waals surface area contributed by atoms with E-state index in [4.69, 9.17) is 4.74 Å². The molecule has 24 heavy (non-hydrogen) atoms. The monoisotopic (exact) mass is 359 g/mol. The first-order valence-corrected chi connectivity index (χ1v) is 8.51. The second-order valence-corrected chi connectivity index (χ2v) is 6.63. The van der Waals surface area contributed by atoms with Crippen LogP contribution < -0.4 is 10.6 Å². The summed E-state index contributed by atoms with van der Waals surface area (Å²) in [5.74, 6) is 2.06. The van der Waals surface area contributed by atoms with Gasteiger partial charge in [0.1, 0.15) is 6.10 Å². The number of aryl methyl sites for hydroxylation is 1. The zero-order chi connectivity index (χ0) is 16.8. The van der Waals surface area contributed by atoms with E-state index in [-0.39, 0.29) is 18.3 Å². The van der Waals surface area contributed by atoms with Crippen LogP contribution in [-0.4, -0.2) is 46.5 Å². The van der Waals surface area contributed by atoms with E-state index in [2.05, 4.69) is 34.6 Å². The van der Waals surface area contributed by atoms with Gasteiger partial charge in [-0.1, -0.05) is 13.8 Å². The molecule has 1 aliphatic heterocycles. The lowest BCUT2D eigenvalue weighted by Crippen LogP contribution is -2.29. The number of nitrogens with zero attached hydrogens (tertiary/aromatic N) is 3. The van der Waals surface area contributed by atoms with Gasteiger partial charge in [0.25, 0.3) is 5.91 Å². The SMILES string of the molecule is CC(C)CCOC(C)C(=O)Nc1nc(C2CCNCC2)nn1C.Cl. The van der Waals surface area contributed by atoms with Crippen molar-refractivity contribution in [2.24, 2.45) is 13.0 Å². The first kappa shape index (κ1) is 20.9. The molecule has 7 nitrogen and oxygen atoms in total. The number of hydrogen-bond donors (Lipinski definition) is 2. The molecule has 1 fully saturated rings. The summed E-state index contributed by atoms with van der Waals surface area (Å²) in [6.07, 6.45) is 2.52. The number of carbonyl (C=O) groups excluding carboxylic acids is 1. The molecule has 8 heteroatoms. The van der Waals surface area contributed by atoms with Crippen LogP contribution >= 0.6 is 12.4 Å². The fourth-order valence-corrected chi connectivity index (χ4v) is 2.53. The first-order valence-electron chi connectivity index (χ1n) is 8.51. The van der Waals surface area contributed by atoms with Crippen molar-refractivity contribution in [1.82, 2.24) is 20.1 Å². The summed E-state index contributed by atoms with van der Waals surface area (Å²) in [6.45, 7) is 8.60. The van der Waals surface area contributed by atoms with Crippen LogP contribution in [0.1, 0.15) is 51.8 Å². The van der Waals surface area contributed by atoms with E-state index in [0.717, 1.165) is 38.2 Å². The summed E-state index contributed by atoms with van der Waals surface area (Å²) in [4.78, 5) is 16.7. The first-order chi connectivity index (χ1) is 11.0. The van der Waals surface area contributed by atoms with E-state index in [0.29, 0.717) is 24.4 Å². The quantitative estimate of drug-likeness (QED) is 0.779. The summed E-state index contributed by atoms with van der Waals surface area (Å²) in [7, 11) is 1.80. The molecule has 0 aromatic carbocycles. The highest BCUT2D eigenvalue weighted by Gasteiger charge is 2.22. The third-order valence-electron chi connectivity index (χ3n) is 4.15. The zero-order valence-corrected chi connectivity index (χ0v) is 15.9. The normalized spacial score (nSPS) is 16.7. The average molecular weight is 360 g/mol. The van der Waals surface area contributed by atoms with Crippen molar-refractivity contribution < 1.29 is 9.53 Å². The molecule has 1 unspecified atom stereocenters. The second kappa shape index (κ2) is 9.96. The average Bonchev–Trinajstić information content (AvgIpc) is 2.88. The Labute approximate surface area is 150 Å². The fraction of sp³-hybridized carbons (Fsp3) is 0.812. The maximum Gasteiger partial charge on any atom is 0.255 e. The molecule has 2 N–H and O–H groups in total. The van der Waals surface area contributed by atoms with Gasteiger partial charge in [0.2, 0.25) is 5.95 Å². The van der Waals surface area contributed by atoms with Crippen molar-refractivity contribution in [3.63, 3.8) is 0 Å². The van der Waals surface area contributed by atoms with Gasteiger partial charge < -0.3 is 10.1 Å². The van der Waals surface area contributed by atoms with Crippen molar-refractivity contribution in [2.45, 2.75) is 52.1 Å². The topological polar surface area (TPSA) is 81.1 Å². The molecule has 1 aromatic rings. The van der Waals surface area contributed by atoms with Crippen LogP contribution in [0.5, 0.6) is 0 Å². The van der Waals surface area contributed by atoms with Crippen molar-refractivity contribution >= 4 is 24.3 Å². The lowest BCUT2D eigenvalue weighted by atomic mass is 9.98. The highest BCUT2D eigenvalue weighted by Crippen LogP contribution is 2.23. The standard InChI is InChI=1S/C16H29N5O2.ClH/c1-11(2)7-10-23-12(3)15(22)19-16-18-14(20-21(16)4)13-5-8-17-9-6-13;/h11-13,17H,5-10H2,1-4H3,(H,18,19,20,22);1H. The molecular formula is C16H30ClN5O2. The molecule has 0 bridgehead atoms. The number of ether oxygens (including phenoxy) is 1. The number of carbonyl (C=O) groups is 1. The Hall–Kier alpha value is -1.18. The van der Waals surface area contributed by atoms with Gasteiger partial charge in [-0.15, -0.1) is 12.4 Å². The molecule has 2 heterocycles. The lowest BCUT2D eigenvalue weighted by Gasteiger charge is -2.19. The Morgan fingerprint density at radius 3 is 2.67 bits per heavy atom. The van der Waals surface area contributed by atoms with E-state index < -0.39 is 6.10 Å². The molecular weight excluding hydrogens is 330 g/mol.